The Morgan fingerprint density at radius 3 is 3.00 bits per heavy atom. The highest BCUT2D eigenvalue weighted by Gasteiger charge is 2.31. The molecule has 2 heterocycles. The molecule has 1 aromatic carbocycles. The topological polar surface area (TPSA) is 75.0 Å². The molecule has 23 heavy (non-hydrogen) atoms. The van der Waals surface area contributed by atoms with Crippen molar-refractivity contribution in [3.8, 4) is 0 Å². The lowest BCUT2D eigenvalue weighted by Gasteiger charge is -2.22. The molecule has 6 heteroatoms. The Morgan fingerprint density at radius 2 is 2.30 bits per heavy atom. The van der Waals surface area contributed by atoms with Crippen LogP contribution in [0.5, 0.6) is 0 Å². The summed E-state index contributed by atoms with van der Waals surface area (Å²) in [6, 6.07) is 8.30. The van der Waals surface area contributed by atoms with Gasteiger partial charge >= 0.3 is 0 Å². The number of amides is 1. The van der Waals surface area contributed by atoms with Gasteiger partial charge < -0.3 is 15.6 Å². The zero-order valence-electron chi connectivity index (χ0n) is 13.7. The van der Waals surface area contributed by atoms with Crippen molar-refractivity contribution in [3.05, 3.63) is 30.1 Å². The Labute approximate surface area is 141 Å². The Kier molecular flexibility index (Phi) is 4.92. The van der Waals surface area contributed by atoms with Gasteiger partial charge in [-0.1, -0.05) is 12.1 Å². The first-order chi connectivity index (χ1) is 11.1. The molecule has 0 aliphatic carbocycles. The van der Waals surface area contributed by atoms with E-state index in [4.69, 9.17) is 5.73 Å². The van der Waals surface area contributed by atoms with Crippen LogP contribution < -0.4 is 5.73 Å². The first kappa shape index (κ1) is 16.3. The number of carbonyl (C=O) groups is 1. The maximum Gasteiger partial charge on any atom is 0.232 e. The van der Waals surface area contributed by atoms with Gasteiger partial charge in [0.1, 0.15) is 5.82 Å². The molecular formula is C17H24N4OS. The molecule has 1 saturated heterocycles. The van der Waals surface area contributed by atoms with Gasteiger partial charge in [0, 0.05) is 12.6 Å². The first-order valence-corrected chi connectivity index (χ1v) is 9.19. The third-order valence-corrected chi connectivity index (χ3v) is 5.70. The number of hydrogen-bond acceptors (Lipinski definition) is 4. The van der Waals surface area contributed by atoms with Crippen LogP contribution >= 0.6 is 11.8 Å². The van der Waals surface area contributed by atoms with Crippen LogP contribution in [0.25, 0.3) is 11.0 Å². The van der Waals surface area contributed by atoms with Crippen LogP contribution in [0.4, 0.5) is 0 Å². The smallest absolute Gasteiger partial charge is 0.232 e. The Morgan fingerprint density at radius 1 is 1.52 bits per heavy atom. The molecule has 3 atom stereocenters. The number of H-pyrrole nitrogens is 1. The second-order valence-corrected chi connectivity index (χ2v) is 7.65. The van der Waals surface area contributed by atoms with Crippen molar-refractivity contribution in [3.63, 3.8) is 0 Å². The Hall–Kier alpha value is -1.53. The zero-order valence-corrected chi connectivity index (χ0v) is 14.5. The van der Waals surface area contributed by atoms with Gasteiger partial charge in [-0.25, -0.2) is 4.98 Å². The fourth-order valence-corrected chi connectivity index (χ4v) is 4.01. The van der Waals surface area contributed by atoms with Crippen LogP contribution in [-0.2, 0) is 4.79 Å². The number of aromatic amines is 1. The zero-order chi connectivity index (χ0) is 16.4. The largest absolute Gasteiger partial charge is 0.341 e. The number of para-hydroxylation sites is 2. The summed E-state index contributed by atoms with van der Waals surface area (Å²) in [5.41, 5.74) is 7.75. The fourth-order valence-electron chi connectivity index (χ4n) is 3.18. The molecule has 3 unspecified atom stereocenters. The van der Waals surface area contributed by atoms with Crippen molar-refractivity contribution in [2.24, 2.45) is 11.7 Å². The third-order valence-electron chi connectivity index (χ3n) is 4.56. The molecule has 2 aromatic rings. The number of imidazole rings is 1. The van der Waals surface area contributed by atoms with E-state index in [0.717, 1.165) is 29.8 Å². The van der Waals surface area contributed by atoms with Gasteiger partial charge in [-0.15, -0.1) is 11.8 Å². The minimum atomic E-state index is 0.162. The molecule has 1 amide bonds. The van der Waals surface area contributed by atoms with Gasteiger partial charge in [-0.2, -0.15) is 0 Å². The number of nitrogens with two attached hydrogens (primary N) is 1. The normalized spacial score (nSPS) is 22.7. The van der Waals surface area contributed by atoms with Crippen molar-refractivity contribution in [2.45, 2.75) is 31.6 Å². The fraction of sp³-hybridized carbons (Fsp3) is 0.529. The SMILES string of the molecule is CC(SCC(=O)N1CC(CN)CC1C)c1nc2ccccc2[nH]1. The van der Waals surface area contributed by atoms with E-state index < -0.39 is 0 Å². The summed E-state index contributed by atoms with van der Waals surface area (Å²) >= 11 is 1.63. The summed E-state index contributed by atoms with van der Waals surface area (Å²) in [4.78, 5) is 22.4. The van der Waals surface area contributed by atoms with Gasteiger partial charge in [-0.3, -0.25) is 4.79 Å². The quantitative estimate of drug-likeness (QED) is 0.882. The highest BCUT2D eigenvalue weighted by molar-refractivity contribution is 8.00. The second-order valence-electron chi connectivity index (χ2n) is 6.32. The molecule has 0 radical (unpaired) electrons. The van der Waals surface area contributed by atoms with Gasteiger partial charge in [0.2, 0.25) is 5.91 Å². The van der Waals surface area contributed by atoms with E-state index in [0.29, 0.717) is 24.3 Å². The Bertz CT molecular complexity index is 653. The minimum Gasteiger partial charge on any atom is -0.341 e. The minimum absolute atomic E-state index is 0.162. The van der Waals surface area contributed by atoms with Crippen molar-refractivity contribution in [1.29, 1.82) is 0 Å². The standard InChI is InChI=1S/C17H24N4OS/c1-11-7-13(8-18)9-21(11)16(22)10-23-12(2)17-19-14-5-3-4-6-15(14)20-17/h3-6,11-13H,7-10,18H2,1-2H3,(H,19,20). The Balaban J connectivity index is 1.58. The number of carbonyl (C=O) groups excluding carboxylic acids is 1. The van der Waals surface area contributed by atoms with E-state index in [2.05, 4.69) is 23.8 Å². The summed E-state index contributed by atoms with van der Waals surface area (Å²) in [5.74, 6) is 2.08. The van der Waals surface area contributed by atoms with Crippen LogP contribution in [0.3, 0.4) is 0 Å². The van der Waals surface area contributed by atoms with Crippen molar-refractivity contribution < 1.29 is 4.79 Å². The number of benzene rings is 1. The van der Waals surface area contributed by atoms with Crippen molar-refractivity contribution in [1.82, 2.24) is 14.9 Å². The second kappa shape index (κ2) is 6.93. The lowest BCUT2D eigenvalue weighted by atomic mass is 10.1. The van der Waals surface area contributed by atoms with E-state index in [-0.39, 0.29) is 11.2 Å². The number of likely N-dealkylation sites (tertiary alicyclic amines) is 1. The monoisotopic (exact) mass is 332 g/mol. The van der Waals surface area contributed by atoms with Crippen LogP contribution in [0.15, 0.2) is 24.3 Å². The number of rotatable bonds is 5. The third kappa shape index (κ3) is 3.53. The maximum atomic E-state index is 12.5. The van der Waals surface area contributed by atoms with E-state index in [1.807, 2.05) is 29.2 Å². The van der Waals surface area contributed by atoms with Crippen LogP contribution in [0, 0.1) is 5.92 Å². The molecule has 124 valence electrons. The molecule has 0 bridgehead atoms. The molecule has 0 spiro atoms. The average Bonchev–Trinajstić information content (AvgIpc) is 3.15. The highest BCUT2D eigenvalue weighted by Crippen LogP contribution is 2.29. The molecule has 3 rings (SSSR count). The number of nitrogens with one attached hydrogen (secondary N) is 1. The van der Waals surface area contributed by atoms with E-state index in [1.165, 1.54) is 0 Å². The highest BCUT2D eigenvalue weighted by atomic mass is 32.2. The van der Waals surface area contributed by atoms with E-state index in [9.17, 15) is 4.79 Å². The summed E-state index contributed by atoms with van der Waals surface area (Å²) in [6.07, 6.45) is 1.02. The number of nitrogens with zero attached hydrogens (tertiary/aromatic N) is 2. The van der Waals surface area contributed by atoms with Gasteiger partial charge in [0.15, 0.2) is 0 Å². The summed E-state index contributed by atoms with van der Waals surface area (Å²) in [7, 11) is 0. The molecule has 1 aliphatic rings. The summed E-state index contributed by atoms with van der Waals surface area (Å²) in [6.45, 7) is 5.67. The predicted octanol–water partition coefficient (Wildman–Crippen LogP) is 2.55. The van der Waals surface area contributed by atoms with Crippen LogP contribution in [0.1, 0.15) is 31.3 Å². The van der Waals surface area contributed by atoms with E-state index in [1.54, 1.807) is 11.8 Å². The van der Waals surface area contributed by atoms with Gasteiger partial charge in [0.05, 0.1) is 22.0 Å². The summed E-state index contributed by atoms with van der Waals surface area (Å²) in [5, 5.41) is 0.162. The molecule has 0 saturated carbocycles. The van der Waals surface area contributed by atoms with Crippen molar-refractivity contribution in [2.75, 3.05) is 18.8 Å². The first-order valence-electron chi connectivity index (χ1n) is 8.14. The molecule has 3 N–H and O–H groups in total. The average molecular weight is 332 g/mol. The lowest BCUT2D eigenvalue weighted by molar-refractivity contribution is -0.128. The molecule has 1 aromatic heterocycles. The van der Waals surface area contributed by atoms with Crippen LogP contribution in [-0.4, -0.2) is 45.7 Å². The number of hydrogen-bond donors (Lipinski definition) is 2. The van der Waals surface area contributed by atoms with Gasteiger partial charge in [0.25, 0.3) is 0 Å². The number of thioether (sulfide) groups is 1. The molecule has 5 nitrogen and oxygen atoms in total. The molecule has 1 fully saturated rings. The molecule has 1 aliphatic heterocycles. The van der Waals surface area contributed by atoms with E-state index >= 15 is 0 Å². The van der Waals surface area contributed by atoms with Gasteiger partial charge in [-0.05, 0) is 44.9 Å². The predicted molar refractivity (Wildman–Crippen MR) is 95.3 cm³/mol. The number of fused-ring (bicyclic) bond motifs is 1. The van der Waals surface area contributed by atoms with Crippen molar-refractivity contribution >= 4 is 28.7 Å². The maximum absolute atomic E-state index is 12.5. The summed E-state index contributed by atoms with van der Waals surface area (Å²) < 4.78 is 0. The lowest BCUT2D eigenvalue weighted by Crippen LogP contribution is -2.35. The number of aromatic nitrogens is 2. The van der Waals surface area contributed by atoms with Crippen LogP contribution in [0.2, 0.25) is 0 Å². The molecular weight excluding hydrogens is 308 g/mol.